The van der Waals surface area contributed by atoms with Crippen LogP contribution in [0, 0.1) is 32.1 Å². The highest BCUT2D eigenvalue weighted by Gasteiger charge is 2.21. The normalized spacial score (nSPS) is 12.8. The Bertz CT molecular complexity index is 1300. The van der Waals surface area contributed by atoms with Gasteiger partial charge in [0, 0.05) is 6.26 Å². The van der Waals surface area contributed by atoms with Crippen LogP contribution in [0.2, 0.25) is 5.02 Å². The summed E-state index contributed by atoms with van der Waals surface area (Å²) in [6, 6.07) is 12.2. The first kappa shape index (κ1) is 20.7. The molecule has 0 aliphatic carbocycles. The highest BCUT2D eigenvalue weighted by atomic mass is 35.5. The van der Waals surface area contributed by atoms with Crippen LogP contribution in [0.3, 0.4) is 0 Å². The Morgan fingerprint density at radius 1 is 1.21 bits per heavy atom. The van der Waals surface area contributed by atoms with Crippen LogP contribution in [0.1, 0.15) is 32.9 Å². The van der Waals surface area contributed by atoms with Gasteiger partial charge in [-0.25, -0.2) is 8.89 Å². The predicted molar refractivity (Wildman–Crippen MR) is 111 cm³/mol. The molecule has 0 N–H and O–H groups in total. The summed E-state index contributed by atoms with van der Waals surface area (Å²) >= 11 is 6.23. The number of aromatic nitrogens is 3. The molecular weight excluding hydrogens is 410 g/mol. The summed E-state index contributed by atoms with van der Waals surface area (Å²) in [5.41, 5.74) is 3.00. The molecule has 0 radical (unpaired) electrons. The molecule has 9 heteroatoms. The maximum atomic E-state index is 13.2. The maximum absolute atomic E-state index is 13.2. The molecule has 0 spiro atoms. The smallest absolute Gasteiger partial charge is 0.264 e. The third kappa shape index (κ3) is 4.06. The van der Waals surface area contributed by atoms with E-state index < -0.39 is 15.6 Å². The number of hydrogen-bond acceptors (Lipinski definition) is 5. The Morgan fingerprint density at radius 3 is 2.59 bits per heavy atom. The van der Waals surface area contributed by atoms with Gasteiger partial charge in [0.15, 0.2) is 5.69 Å². The van der Waals surface area contributed by atoms with Crippen molar-refractivity contribution in [1.29, 1.82) is 5.26 Å². The summed E-state index contributed by atoms with van der Waals surface area (Å²) in [6.45, 7) is 5.36. The van der Waals surface area contributed by atoms with E-state index in [0.29, 0.717) is 26.9 Å². The van der Waals surface area contributed by atoms with Crippen molar-refractivity contribution in [3.8, 4) is 11.8 Å². The zero-order valence-corrected chi connectivity index (χ0v) is 17.9. The van der Waals surface area contributed by atoms with E-state index >= 15 is 0 Å². The van der Waals surface area contributed by atoms with Crippen molar-refractivity contribution in [3.05, 3.63) is 69.5 Å². The van der Waals surface area contributed by atoms with E-state index in [0.717, 1.165) is 11.1 Å². The number of carbonyl (C=O) groups is 1. The molecule has 1 unspecified atom stereocenters. The van der Waals surface area contributed by atoms with E-state index in [9.17, 15) is 9.00 Å². The second-order valence-electron chi connectivity index (χ2n) is 6.68. The fourth-order valence-corrected chi connectivity index (χ4v) is 4.70. The number of nitrogens with zero attached hydrogens (tertiary/aromatic N) is 5. The van der Waals surface area contributed by atoms with Gasteiger partial charge in [0.2, 0.25) is 0 Å². The number of benzene rings is 2. The molecule has 1 atom stereocenters. The predicted octanol–water partition coefficient (Wildman–Crippen LogP) is 4.01. The lowest BCUT2D eigenvalue weighted by Crippen LogP contribution is -2.08. The monoisotopic (exact) mass is 427 g/mol. The Labute approximate surface area is 174 Å². The molecule has 0 saturated carbocycles. The minimum atomic E-state index is -2.96. The van der Waals surface area contributed by atoms with E-state index in [4.69, 9.17) is 16.9 Å². The van der Waals surface area contributed by atoms with Crippen LogP contribution in [-0.2, 0) is 9.73 Å². The van der Waals surface area contributed by atoms with Gasteiger partial charge in [-0.1, -0.05) is 28.9 Å². The molecule has 3 rings (SSSR count). The molecule has 0 fully saturated rings. The van der Waals surface area contributed by atoms with Gasteiger partial charge in [-0.15, -0.1) is 5.10 Å². The summed E-state index contributed by atoms with van der Waals surface area (Å²) in [4.78, 5) is 13.3. The van der Waals surface area contributed by atoms with Gasteiger partial charge >= 0.3 is 5.91 Å². The van der Waals surface area contributed by atoms with Crippen molar-refractivity contribution in [2.24, 2.45) is 4.36 Å². The highest BCUT2D eigenvalue weighted by molar-refractivity contribution is 7.93. The Morgan fingerprint density at radius 2 is 1.93 bits per heavy atom. The van der Waals surface area contributed by atoms with E-state index in [1.54, 1.807) is 25.1 Å². The second-order valence-corrected chi connectivity index (χ2v) is 9.32. The Kier molecular flexibility index (Phi) is 5.55. The summed E-state index contributed by atoms with van der Waals surface area (Å²) in [5, 5.41) is 17.2. The first-order valence-electron chi connectivity index (χ1n) is 8.60. The van der Waals surface area contributed by atoms with Crippen LogP contribution in [0.15, 0.2) is 45.7 Å². The van der Waals surface area contributed by atoms with Gasteiger partial charge in [0.25, 0.3) is 0 Å². The van der Waals surface area contributed by atoms with Crippen molar-refractivity contribution >= 4 is 27.2 Å². The lowest BCUT2D eigenvalue weighted by atomic mass is 10.2. The lowest BCUT2D eigenvalue weighted by molar-refractivity contribution is 0.0999. The second kappa shape index (κ2) is 7.78. The van der Waals surface area contributed by atoms with Gasteiger partial charge in [-0.05, 0) is 56.2 Å². The molecule has 0 aliphatic heterocycles. The van der Waals surface area contributed by atoms with Crippen LogP contribution in [0.25, 0.3) is 5.69 Å². The van der Waals surface area contributed by atoms with Crippen LogP contribution in [-0.4, -0.2) is 31.4 Å². The highest BCUT2D eigenvalue weighted by Crippen LogP contribution is 2.24. The van der Waals surface area contributed by atoms with Crippen LogP contribution >= 0.6 is 11.6 Å². The first-order chi connectivity index (χ1) is 13.6. The average molecular weight is 428 g/mol. The fraction of sp³-hybridized carbons (Fsp3) is 0.200. The first-order valence-corrected chi connectivity index (χ1v) is 10.9. The van der Waals surface area contributed by atoms with Gasteiger partial charge in [0.1, 0.15) is 0 Å². The summed E-state index contributed by atoms with van der Waals surface area (Å²) in [7, 11) is -2.96. The molecule has 2 aromatic carbocycles. The molecule has 7 nitrogen and oxygen atoms in total. The molecule has 3 aromatic rings. The van der Waals surface area contributed by atoms with Crippen molar-refractivity contribution in [2.75, 3.05) is 6.26 Å². The SMILES string of the molecule is Cc1ccc(C)c(S(C)(=O)=NC(=O)c2nnn(-c3ccc(C#N)cc3Cl)c2C)c1. The molecule has 0 aliphatic rings. The van der Waals surface area contributed by atoms with Gasteiger partial charge in [-0.3, -0.25) is 4.79 Å². The topological polar surface area (TPSA) is 101 Å². The molecular formula is C20H18ClN5O2S. The number of hydrogen-bond donors (Lipinski definition) is 0. The molecule has 1 amide bonds. The molecule has 1 aromatic heterocycles. The number of aryl methyl sites for hydroxylation is 2. The third-order valence-electron chi connectivity index (χ3n) is 4.41. The zero-order valence-electron chi connectivity index (χ0n) is 16.3. The Balaban J connectivity index is 2.04. The van der Waals surface area contributed by atoms with Crippen molar-refractivity contribution in [2.45, 2.75) is 25.7 Å². The summed E-state index contributed by atoms with van der Waals surface area (Å²) < 4.78 is 18.5. The van der Waals surface area contributed by atoms with Crippen molar-refractivity contribution < 1.29 is 9.00 Å². The van der Waals surface area contributed by atoms with Crippen LogP contribution in [0.4, 0.5) is 0 Å². The summed E-state index contributed by atoms with van der Waals surface area (Å²) in [5.74, 6) is -0.716. The Hall–Kier alpha value is -3.02. The number of rotatable bonds is 3. The van der Waals surface area contributed by atoms with Gasteiger partial charge in [0.05, 0.1) is 42.7 Å². The van der Waals surface area contributed by atoms with E-state index in [1.807, 2.05) is 32.0 Å². The molecule has 29 heavy (non-hydrogen) atoms. The quantitative estimate of drug-likeness (QED) is 0.628. The maximum Gasteiger partial charge on any atom is 0.307 e. The lowest BCUT2D eigenvalue weighted by Gasteiger charge is -2.09. The third-order valence-corrected chi connectivity index (χ3v) is 6.48. The van der Waals surface area contributed by atoms with E-state index in [1.165, 1.54) is 17.0 Å². The minimum absolute atomic E-state index is 0.00897. The standard InChI is InChI=1S/C20H18ClN5O2S/c1-12-5-6-13(2)18(9-12)29(4,28)24-20(27)19-14(3)26(25-23-19)17-8-7-15(11-22)10-16(17)21/h5-10H,1-4H3. The molecule has 0 saturated heterocycles. The summed E-state index contributed by atoms with van der Waals surface area (Å²) in [6.07, 6.45) is 1.43. The molecule has 148 valence electrons. The zero-order chi connectivity index (χ0) is 21.3. The van der Waals surface area contributed by atoms with Crippen molar-refractivity contribution in [1.82, 2.24) is 15.0 Å². The number of amides is 1. The van der Waals surface area contributed by atoms with Crippen LogP contribution in [0.5, 0.6) is 0 Å². The number of carbonyl (C=O) groups excluding carboxylic acids is 1. The largest absolute Gasteiger partial charge is 0.307 e. The molecule has 0 bridgehead atoms. The number of nitriles is 1. The number of halogens is 1. The molecule has 1 heterocycles. The van der Waals surface area contributed by atoms with Gasteiger partial charge in [-0.2, -0.15) is 9.62 Å². The van der Waals surface area contributed by atoms with E-state index in [2.05, 4.69) is 14.7 Å². The van der Waals surface area contributed by atoms with E-state index in [-0.39, 0.29) is 5.69 Å². The van der Waals surface area contributed by atoms with Gasteiger partial charge < -0.3 is 0 Å². The van der Waals surface area contributed by atoms with Crippen LogP contribution < -0.4 is 0 Å². The minimum Gasteiger partial charge on any atom is -0.264 e. The fourth-order valence-electron chi connectivity index (χ4n) is 2.87. The average Bonchev–Trinajstić information content (AvgIpc) is 3.04. The van der Waals surface area contributed by atoms with Crippen molar-refractivity contribution in [3.63, 3.8) is 0 Å².